The average Bonchev–Trinajstić information content (AvgIpc) is 2.68. The van der Waals surface area contributed by atoms with Crippen molar-refractivity contribution in [3.63, 3.8) is 0 Å². The minimum atomic E-state index is -0.331. The number of nitrogens with one attached hydrogen (secondary N) is 1. The number of hydrogen-bond donors (Lipinski definition) is 2. The molecule has 0 aliphatic heterocycles. The van der Waals surface area contributed by atoms with Crippen LogP contribution < -0.4 is 4.74 Å². The molecule has 0 saturated carbocycles. The molecule has 0 amide bonds. The second-order valence-electron chi connectivity index (χ2n) is 4.34. The molecule has 3 rings (SSSR count). The van der Waals surface area contributed by atoms with Gasteiger partial charge in [-0.3, -0.25) is 0 Å². The van der Waals surface area contributed by atoms with Crippen LogP contribution in [-0.4, -0.2) is 17.2 Å². The highest BCUT2D eigenvalue weighted by Gasteiger charge is 2.22. The summed E-state index contributed by atoms with van der Waals surface area (Å²) in [5.74, 6) is 0.870. The molecule has 0 unspecified atom stereocenters. The van der Waals surface area contributed by atoms with E-state index in [1.807, 2.05) is 18.2 Å². The number of aliphatic hydroxyl groups is 1. The van der Waals surface area contributed by atoms with Crippen LogP contribution in [-0.2, 0) is 6.42 Å². The molecule has 2 aromatic rings. The molecule has 0 spiro atoms. The van der Waals surface area contributed by atoms with Gasteiger partial charge in [0.05, 0.1) is 13.2 Å². The molecule has 1 atom stereocenters. The summed E-state index contributed by atoms with van der Waals surface area (Å²) < 4.78 is 5.23. The van der Waals surface area contributed by atoms with Gasteiger partial charge in [0.15, 0.2) is 0 Å². The van der Waals surface area contributed by atoms with Crippen molar-refractivity contribution >= 4 is 10.9 Å². The van der Waals surface area contributed by atoms with Gasteiger partial charge in [0.2, 0.25) is 0 Å². The van der Waals surface area contributed by atoms with E-state index in [9.17, 15) is 5.11 Å². The zero-order chi connectivity index (χ0) is 11.1. The molecule has 1 aromatic carbocycles. The van der Waals surface area contributed by atoms with Crippen LogP contribution in [0.3, 0.4) is 0 Å². The third-order valence-corrected chi connectivity index (χ3v) is 3.38. The number of hydrogen-bond acceptors (Lipinski definition) is 2. The summed E-state index contributed by atoms with van der Waals surface area (Å²) in [5, 5.41) is 11.1. The Balaban J connectivity index is 2.25. The van der Waals surface area contributed by atoms with Gasteiger partial charge in [0, 0.05) is 16.6 Å². The summed E-state index contributed by atoms with van der Waals surface area (Å²) in [7, 11) is 1.68. The predicted octanol–water partition coefficient (Wildman–Crippen LogP) is 2.55. The van der Waals surface area contributed by atoms with Gasteiger partial charge < -0.3 is 14.8 Å². The second kappa shape index (κ2) is 3.52. The van der Waals surface area contributed by atoms with E-state index in [-0.39, 0.29) is 6.10 Å². The maximum atomic E-state index is 9.93. The molecule has 2 N–H and O–H groups in total. The molecular weight excluding hydrogens is 202 g/mol. The number of benzene rings is 1. The zero-order valence-corrected chi connectivity index (χ0v) is 9.29. The topological polar surface area (TPSA) is 45.2 Å². The minimum absolute atomic E-state index is 0.331. The van der Waals surface area contributed by atoms with Gasteiger partial charge >= 0.3 is 0 Å². The summed E-state index contributed by atoms with van der Waals surface area (Å²) in [6, 6.07) is 6.00. The van der Waals surface area contributed by atoms with Crippen LogP contribution in [0.2, 0.25) is 0 Å². The van der Waals surface area contributed by atoms with Crippen molar-refractivity contribution in [1.29, 1.82) is 0 Å². The van der Waals surface area contributed by atoms with Gasteiger partial charge in [-0.2, -0.15) is 0 Å². The lowest BCUT2D eigenvalue weighted by molar-refractivity contribution is 0.153. The Kier molecular flexibility index (Phi) is 2.14. The van der Waals surface area contributed by atoms with Gasteiger partial charge in [-0.25, -0.2) is 0 Å². The minimum Gasteiger partial charge on any atom is -0.497 e. The Bertz CT molecular complexity index is 530. The Morgan fingerprint density at radius 3 is 3.12 bits per heavy atom. The van der Waals surface area contributed by atoms with Gasteiger partial charge in [0.1, 0.15) is 5.75 Å². The van der Waals surface area contributed by atoms with Gasteiger partial charge in [-0.15, -0.1) is 0 Å². The molecule has 3 heteroatoms. The number of methoxy groups -OCH3 is 1. The fourth-order valence-electron chi connectivity index (χ4n) is 2.54. The molecule has 0 saturated heterocycles. The third-order valence-electron chi connectivity index (χ3n) is 3.38. The molecule has 1 aliphatic carbocycles. The first-order valence-corrected chi connectivity index (χ1v) is 5.66. The Morgan fingerprint density at radius 2 is 2.31 bits per heavy atom. The van der Waals surface area contributed by atoms with Crippen LogP contribution in [0.4, 0.5) is 0 Å². The molecule has 1 aromatic heterocycles. The van der Waals surface area contributed by atoms with E-state index in [0.29, 0.717) is 0 Å². The number of H-pyrrole nitrogens is 1. The number of aromatic nitrogens is 1. The van der Waals surface area contributed by atoms with E-state index < -0.39 is 0 Å². The fraction of sp³-hybridized carbons (Fsp3) is 0.385. The first kappa shape index (κ1) is 9.73. The van der Waals surface area contributed by atoms with E-state index in [1.54, 1.807) is 7.11 Å². The lowest BCUT2D eigenvalue weighted by Gasteiger charge is -2.17. The summed E-state index contributed by atoms with van der Waals surface area (Å²) in [4.78, 5) is 3.31. The van der Waals surface area contributed by atoms with Crippen molar-refractivity contribution in [2.24, 2.45) is 0 Å². The molecular formula is C13H15NO2. The second-order valence-corrected chi connectivity index (χ2v) is 4.34. The van der Waals surface area contributed by atoms with Crippen LogP contribution in [0.1, 0.15) is 30.2 Å². The molecule has 0 bridgehead atoms. The smallest absolute Gasteiger partial charge is 0.119 e. The van der Waals surface area contributed by atoms with Crippen LogP contribution in [0.15, 0.2) is 18.2 Å². The predicted molar refractivity (Wildman–Crippen MR) is 62.7 cm³/mol. The van der Waals surface area contributed by atoms with E-state index in [1.165, 1.54) is 10.9 Å². The van der Waals surface area contributed by atoms with Crippen LogP contribution in [0.25, 0.3) is 10.9 Å². The quantitative estimate of drug-likeness (QED) is 0.771. The maximum absolute atomic E-state index is 9.93. The standard InChI is InChI=1S/C13H15NO2/c1-16-8-5-6-11-10(7-8)9-3-2-4-12(15)13(9)14-11/h5-7,12,14-15H,2-4H2,1H3/t12-/m0/s1. The number of aryl methyl sites for hydroxylation is 1. The molecule has 3 nitrogen and oxygen atoms in total. The van der Waals surface area contributed by atoms with Gasteiger partial charge in [-0.05, 0) is 43.0 Å². The van der Waals surface area contributed by atoms with Gasteiger partial charge in [0.25, 0.3) is 0 Å². The largest absolute Gasteiger partial charge is 0.497 e. The average molecular weight is 217 g/mol. The highest BCUT2D eigenvalue weighted by molar-refractivity contribution is 5.86. The lowest BCUT2D eigenvalue weighted by atomic mass is 9.93. The molecule has 0 fully saturated rings. The first-order valence-electron chi connectivity index (χ1n) is 5.66. The number of fused-ring (bicyclic) bond motifs is 3. The fourth-order valence-corrected chi connectivity index (χ4v) is 2.54. The van der Waals surface area contributed by atoms with Crippen molar-refractivity contribution < 1.29 is 9.84 Å². The molecule has 16 heavy (non-hydrogen) atoms. The van der Waals surface area contributed by atoms with Crippen molar-refractivity contribution in [3.05, 3.63) is 29.5 Å². The SMILES string of the molecule is COc1ccc2[nH]c3c(c2c1)CCC[C@@H]3O. The van der Waals surface area contributed by atoms with Crippen LogP contribution in [0.5, 0.6) is 5.75 Å². The lowest BCUT2D eigenvalue weighted by Crippen LogP contribution is -2.07. The van der Waals surface area contributed by atoms with Gasteiger partial charge in [-0.1, -0.05) is 0 Å². The summed E-state index contributed by atoms with van der Waals surface area (Å²) in [5.41, 5.74) is 3.34. The van der Waals surface area contributed by atoms with E-state index in [4.69, 9.17) is 4.74 Å². The molecule has 84 valence electrons. The summed E-state index contributed by atoms with van der Waals surface area (Å²) >= 11 is 0. The van der Waals surface area contributed by atoms with Crippen molar-refractivity contribution in [2.45, 2.75) is 25.4 Å². The zero-order valence-electron chi connectivity index (χ0n) is 9.29. The Morgan fingerprint density at radius 1 is 1.44 bits per heavy atom. The van der Waals surface area contributed by atoms with Crippen molar-refractivity contribution in [2.75, 3.05) is 7.11 Å². The normalized spacial score (nSPS) is 19.8. The molecule has 1 heterocycles. The van der Waals surface area contributed by atoms with Crippen molar-refractivity contribution in [3.8, 4) is 5.75 Å². The number of ether oxygens (including phenoxy) is 1. The summed E-state index contributed by atoms with van der Waals surface area (Å²) in [6.45, 7) is 0. The van der Waals surface area contributed by atoms with E-state index in [2.05, 4.69) is 4.98 Å². The van der Waals surface area contributed by atoms with Crippen LogP contribution in [0, 0.1) is 0 Å². The van der Waals surface area contributed by atoms with E-state index >= 15 is 0 Å². The number of rotatable bonds is 1. The summed E-state index contributed by atoms with van der Waals surface area (Å²) in [6.07, 6.45) is 2.62. The van der Waals surface area contributed by atoms with E-state index in [0.717, 1.165) is 36.2 Å². The Hall–Kier alpha value is -1.48. The Labute approximate surface area is 94.0 Å². The monoisotopic (exact) mass is 217 g/mol. The number of aliphatic hydroxyl groups excluding tert-OH is 1. The highest BCUT2D eigenvalue weighted by atomic mass is 16.5. The van der Waals surface area contributed by atoms with Crippen LogP contribution >= 0.6 is 0 Å². The maximum Gasteiger partial charge on any atom is 0.119 e. The van der Waals surface area contributed by atoms with Crippen molar-refractivity contribution in [1.82, 2.24) is 4.98 Å². The third kappa shape index (κ3) is 1.32. The first-order chi connectivity index (χ1) is 7.79. The highest BCUT2D eigenvalue weighted by Crippen LogP contribution is 2.35. The molecule has 1 aliphatic rings. The molecule has 0 radical (unpaired) electrons. The number of aromatic amines is 1.